The van der Waals surface area contributed by atoms with Gasteiger partial charge in [0.15, 0.2) is 0 Å². The topological polar surface area (TPSA) is 65.7 Å². The van der Waals surface area contributed by atoms with Gasteiger partial charge in [-0.1, -0.05) is 46.3 Å². The van der Waals surface area contributed by atoms with Crippen LogP contribution < -0.4 is 0 Å². The minimum atomic E-state index is -4.04. The fraction of sp³-hybridized carbons (Fsp3) is 0.150. The van der Waals surface area contributed by atoms with Gasteiger partial charge in [0.25, 0.3) is 10.1 Å². The summed E-state index contributed by atoms with van der Waals surface area (Å²) in [6.45, 7) is 3.97. The average molecular weight is 468 g/mol. The van der Waals surface area contributed by atoms with Crippen molar-refractivity contribution in [3.63, 3.8) is 0 Å². The van der Waals surface area contributed by atoms with Crippen LogP contribution in [0.1, 0.15) is 17.1 Å². The van der Waals surface area contributed by atoms with E-state index in [0.29, 0.717) is 0 Å². The maximum absolute atomic E-state index is 10.5. The predicted octanol–water partition coefficient (Wildman–Crippen LogP) is 6.17. The van der Waals surface area contributed by atoms with Crippen molar-refractivity contribution >= 4 is 37.8 Å². The highest BCUT2D eigenvalue weighted by Crippen LogP contribution is 2.24. The second-order valence-corrected chi connectivity index (χ2v) is 9.10. The average Bonchev–Trinajstić information content (AvgIpc) is 2.60. The number of rotatable bonds is 4. The van der Waals surface area contributed by atoms with E-state index >= 15 is 0 Å². The van der Waals surface area contributed by atoms with Crippen molar-refractivity contribution in [1.29, 1.82) is 0 Å². The van der Waals surface area contributed by atoms with Crippen LogP contribution in [-0.2, 0) is 15.9 Å². The van der Waals surface area contributed by atoms with Crippen LogP contribution >= 0.6 is 27.7 Å². The summed E-state index contributed by atoms with van der Waals surface area (Å²) >= 11 is 4.98. The minimum absolute atomic E-state index is 0.0966. The van der Waals surface area contributed by atoms with Crippen molar-refractivity contribution in [2.45, 2.75) is 29.4 Å². The van der Waals surface area contributed by atoms with Gasteiger partial charge in [-0.15, -0.1) is 11.8 Å². The molecule has 0 radical (unpaired) electrons. The molecule has 0 atom stereocenters. The molecular weight excluding hydrogens is 448 g/mol. The largest absolute Gasteiger partial charge is 0.327 e. The van der Waals surface area contributed by atoms with Crippen molar-refractivity contribution in [2.75, 3.05) is 0 Å². The van der Waals surface area contributed by atoms with Crippen molar-refractivity contribution in [1.82, 2.24) is 0 Å². The summed E-state index contributed by atoms with van der Waals surface area (Å²) in [5.41, 5.74) is 1.35. The van der Waals surface area contributed by atoms with Crippen LogP contribution in [0.5, 0.6) is 0 Å². The Bertz CT molecular complexity index is 952. The summed E-state index contributed by atoms with van der Waals surface area (Å²) in [5.74, 6) is 2.94. The third-order valence-electron chi connectivity index (χ3n) is 3.37. The van der Waals surface area contributed by atoms with Gasteiger partial charge in [0.1, 0.15) is 0 Å². The highest BCUT2D eigenvalue weighted by molar-refractivity contribution is 9.10. The molecule has 0 aliphatic rings. The molecular formula is C20H20BrO4S2+. The van der Waals surface area contributed by atoms with Gasteiger partial charge in [-0.05, 0) is 29.8 Å². The Balaban J connectivity index is 0.000000208. The second kappa shape index (κ2) is 10.0. The van der Waals surface area contributed by atoms with Crippen molar-refractivity contribution < 1.29 is 17.4 Å². The van der Waals surface area contributed by atoms with E-state index in [-0.39, 0.29) is 4.90 Å². The van der Waals surface area contributed by atoms with Crippen LogP contribution in [0.3, 0.4) is 0 Å². The third kappa shape index (κ3) is 7.84. The molecule has 0 spiro atoms. The Morgan fingerprint density at radius 1 is 0.963 bits per heavy atom. The highest BCUT2D eigenvalue weighted by Gasteiger charge is 2.08. The standard InChI is InChI=1S/C14H15OS.C6H5BrO3S/c1-11-8-14(9-12(2)15-11)16-10-13-6-4-3-5-7-13;7-5-1-3-6(4-2-5)11(8,9)10/h3-9H,10H2,1-2H3;1-4H,(H,8,9,10)/q+1;. The Morgan fingerprint density at radius 3 is 2.04 bits per heavy atom. The smallest absolute Gasteiger partial charge is 0.282 e. The number of hydrogen-bond acceptors (Lipinski definition) is 3. The molecule has 142 valence electrons. The van der Waals surface area contributed by atoms with Gasteiger partial charge in [0.05, 0.1) is 30.9 Å². The number of benzene rings is 2. The molecule has 0 aliphatic heterocycles. The second-order valence-electron chi connectivity index (χ2n) is 5.72. The first-order valence-corrected chi connectivity index (χ1v) is 11.3. The van der Waals surface area contributed by atoms with Gasteiger partial charge < -0.3 is 0 Å². The molecule has 0 bridgehead atoms. The highest BCUT2D eigenvalue weighted by atomic mass is 79.9. The molecule has 0 saturated carbocycles. The molecule has 7 heteroatoms. The Morgan fingerprint density at radius 2 is 1.52 bits per heavy atom. The van der Waals surface area contributed by atoms with E-state index < -0.39 is 10.1 Å². The zero-order chi connectivity index (χ0) is 19.9. The third-order valence-corrected chi connectivity index (χ3v) is 5.82. The molecule has 4 nitrogen and oxygen atoms in total. The van der Waals surface area contributed by atoms with E-state index in [0.717, 1.165) is 21.7 Å². The van der Waals surface area contributed by atoms with Gasteiger partial charge in [-0.2, -0.15) is 8.42 Å². The van der Waals surface area contributed by atoms with Crippen molar-refractivity contribution in [2.24, 2.45) is 0 Å². The van der Waals surface area contributed by atoms with Crippen molar-refractivity contribution in [3.8, 4) is 0 Å². The summed E-state index contributed by atoms with van der Waals surface area (Å²) < 4.78 is 35.7. The number of thioether (sulfide) groups is 1. The van der Waals surface area contributed by atoms with E-state index in [1.54, 1.807) is 12.1 Å². The Kier molecular flexibility index (Phi) is 8.04. The lowest BCUT2D eigenvalue weighted by molar-refractivity contribution is 0.481. The summed E-state index contributed by atoms with van der Waals surface area (Å²) in [5, 5.41) is 0. The van der Waals surface area contributed by atoms with E-state index in [4.69, 9.17) is 8.97 Å². The van der Waals surface area contributed by atoms with E-state index in [2.05, 4.69) is 52.3 Å². The summed E-state index contributed by atoms with van der Waals surface area (Å²) in [4.78, 5) is 1.17. The quantitative estimate of drug-likeness (QED) is 0.282. The van der Waals surface area contributed by atoms with Crippen LogP contribution in [0.15, 0.2) is 85.4 Å². The normalized spacial score (nSPS) is 10.8. The summed E-state index contributed by atoms with van der Waals surface area (Å²) in [7, 11) is -4.04. The molecule has 2 aromatic carbocycles. The van der Waals surface area contributed by atoms with Crippen LogP contribution in [0.4, 0.5) is 0 Å². The Hall–Kier alpha value is -1.67. The molecule has 3 aromatic rings. The van der Waals surface area contributed by atoms with E-state index in [1.807, 2.05) is 31.7 Å². The van der Waals surface area contributed by atoms with Crippen LogP contribution in [0.2, 0.25) is 0 Å². The maximum atomic E-state index is 10.5. The fourth-order valence-electron chi connectivity index (χ4n) is 2.19. The lowest BCUT2D eigenvalue weighted by atomic mass is 10.2. The number of halogens is 1. The molecule has 0 amide bonds. The number of hydrogen-bond donors (Lipinski definition) is 1. The van der Waals surface area contributed by atoms with Crippen LogP contribution in [0, 0.1) is 13.8 Å². The molecule has 0 fully saturated rings. The molecule has 0 saturated heterocycles. The van der Waals surface area contributed by atoms with Gasteiger partial charge in [0, 0.05) is 15.1 Å². The summed E-state index contributed by atoms with van der Waals surface area (Å²) in [6.07, 6.45) is 0. The maximum Gasteiger partial charge on any atom is 0.327 e. The first kappa shape index (κ1) is 21.6. The monoisotopic (exact) mass is 467 g/mol. The van der Waals surface area contributed by atoms with Gasteiger partial charge in [-0.3, -0.25) is 4.55 Å². The molecule has 0 aliphatic carbocycles. The van der Waals surface area contributed by atoms with Gasteiger partial charge in [-0.25, -0.2) is 4.42 Å². The molecule has 0 unspecified atom stereocenters. The fourth-order valence-corrected chi connectivity index (χ4v) is 3.95. The summed E-state index contributed by atoms with van der Waals surface area (Å²) in [6, 6.07) is 20.4. The van der Waals surface area contributed by atoms with Crippen LogP contribution in [0.25, 0.3) is 0 Å². The SMILES string of the molecule is Cc1cc(SCc2ccccc2)cc(C)[o+]1.O=S(=O)(O)c1ccc(Br)cc1. The zero-order valence-corrected chi connectivity index (χ0v) is 18.1. The predicted molar refractivity (Wildman–Crippen MR) is 113 cm³/mol. The van der Waals surface area contributed by atoms with E-state index in [1.165, 1.54) is 22.6 Å². The van der Waals surface area contributed by atoms with Crippen molar-refractivity contribution in [3.05, 3.63) is 88.3 Å². The van der Waals surface area contributed by atoms with Crippen LogP contribution in [-0.4, -0.2) is 13.0 Å². The lowest BCUT2D eigenvalue weighted by Crippen LogP contribution is -1.96. The van der Waals surface area contributed by atoms with E-state index in [9.17, 15) is 8.42 Å². The lowest BCUT2D eigenvalue weighted by Gasteiger charge is -2.00. The van der Waals surface area contributed by atoms with Gasteiger partial charge in [0.2, 0.25) is 0 Å². The number of aryl methyl sites for hydroxylation is 2. The molecule has 3 rings (SSSR count). The minimum Gasteiger partial charge on any atom is -0.282 e. The zero-order valence-electron chi connectivity index (χ0n) is 14.9. The Labute approximate surface area is 172 Å². The first-order valence-electron chi connectivity index (χ1n) is 8.05. The molecule has 1 heterocycles. The molecule has 1 aromatic heterocycles. The van der Waals surface area contributed by atoms with Gasteiger partial charge >= 0.3 is 11.5 Å². The first-order chi connectivity index (χ1) is 12.7. The molecule has 27 heavy (non-hydrogen) atoms. The molecule has 1 N–H and O–H groups in total.